The van der Waals surface area contributed by atoms with Gasteiger partial charge in [-0.1, -0.05) is 12.1 Å². The summed E-state index contributed by atoms with van der Waals surface area (Å²) in [5, 5.41) is 13.6. The summed E-state index contributed by atoms with van der Waals surface area (Å²) in [6.07, 6.45) is 1.83. The lowest BCUT2D eigenvalue weighted by molar-refractivity contribution is 0.188. The second kappa shape index (κ2) is 9.84. The van der Waals surface area contributed by atoms with Crippen LogP contribution in [0.15, 0.2) is 48.7 Å². The molecule has 154 valence electrons. The van der Waals surface area contributed by atoms with Crippen molar-refractivity contribution in [3.05, 3.63) is 54.2 Å². The van der Waals surface area contributed by atoms with Crippen molar-refractivity contribution < 1.29 is 19.3 Å². The average molecular weight is 397 g/mol. The number of para-hydroxylation sites is 1. The molecule has 3 aromatic rings. The number of nitrogens with one attached hydrogen (secondary N) is 1. The SMILES string of the molecule is CCOc1ccc(-c2cnc(NCc3cccc(OC)c3O)n2CCOC)cc1. The summed E-state index contributed by atoms with van der Waals surface area (Å²) >= 11 is 0. The van der Waals surface area contributed by atoms with Crippen LogP contribution in [0.25, 0.3) is 11.3 Å². The third kappa shape index (κ3) is 4.81. The third-order valence-electron chi connectivity index (χ3n) is 4.58. The highest BCUT2D eigenvalue weighted by molar-refractivity contribution is 5.62. The minimum atomic E-state index is 0.129. The van der Waals surface area contributed by atoms with E-state index in [0.717, 1.165) is 22.6 Å². The quantitative estimate of drug-likeness (QED) is 0.540. The summed E-state index contributed by atoms with van der Waals surface area (Å²) in [6.45, 7) is 4.21. The van der Waals surface area contributed by atoms with Crippen molar-refractivity contribution in [1.82, 2.24) is 9.55 Å². The highest BCUT2D eigenvalue weighted by Crippen LogP contribution is 2.30. The zero-order chi connectivity index (χ0) is 20.6. The van der Waals surface area contributed by atoms with E-state index in [-0.39, 0.29) is 5.75 Å². The van der Waals surface area contributed by atoms with Gasteiger partial charge in [0.1, 0.15) is 5.75 Å². The molecule has 0 radical (unpaired) electrons. The first-order valence-corrected chi connectivity index (χ1v) is 9.54. The number of ether oxygens (including phenoxy) is 3. The van der Waals surface area contributed by atoms with Crippen LogP contribution >= 0.6 is 0 Å². The van der Waals surface area contributed by atoms with Gasteiger partial charge in [-0.2, -0.15) is 0 Å². The highest BCUT2D eigenvalue weighted by Gasteiger charge is 2.13. The van der Waals surface area contributed by atoms with Crippen molar-refractivity contribution in [2.24, 2.45) is 0 Å². The van der Waals surface area contributed by atoms with Gasteiger partial charge in [0.25, 0.3) is 0 Å². The first-order valence-electron chi connectivity index (χ1n) is 9.54. The zero-order valence-corrected chi connectivity index (χ0v) is 17.0. The second-order valence-electron chi connectivity index (χ2n) is 6.39. The normalized spacial score (nSPS) is 10.7. The van der Waals surface area contributed by atoms with Crippen LogP contribution in [0.2, 0.25) is 0 Å². The zero-order valence-electron chi connectivity index (χ0n) is 17.0. The van der Waals surface area contributed by atoms with Crippen LogP contribution in [0.5, 0.6) is 17.2 Å². The first-order chi connectivity index (χ1) is 14.2. The van der Waals surface area contributed by atoms with Crippen molar-refractivity contribution >= 4 is 5.95 Å². The Kier molecular flexibility index (Phi) is 6.97. The lowest BCUT2D eigenvalue weighted by Crippen LogP contribution is -2.12. The predicted molar refractivity (Wildman–Crippen MR) is 113 cm³/mol. The number of imidazole rings is 1. The Hall–Kier alpha value is -3.19. The summed E-state index contributed by atoms with van der Waals surface area (Å²) in [6, 6.07) is 13.4. The molecule has 0 aliphatic carbocycles. The van der Waals surface area contributed by atoms with E-state index in [2.05, 4.69) is 14.9 Å². The van der Waals surface area contributed by atoms with E-state index in [1.165, 1.54) is 7.11 Å². The molecule has 7 heteroatoms. The molecule has 7 nitrogen and oxygen atoms in total. The number of anilines is 1. The monoisotopic (exact) mass is 397 g/mol. The number of hydrogen-bond acceptors (Lipinski definition) is 6. The number of phenolic OH excluding ortho intramolecular Hbond substituents is 1. The largest absolute Gasteiger partial charge is 0.504 e. The van der Waals surface area contributed by atoms with E-state index in [1.54, 1.807) is 13.2 Å². The number of benzene rings is 2. The Morgan fingerprint density at radius 2 is 1.90 bits per heavy atom. The topological polar surface area (TPSA) is 77.8 Å². The fourth-order valence-corrected chi connectivity index (χ4v) is 3.09. The Morgan fingerprint density at radius 1 is 1.10 bits per heavy atom. The van der Waals surface area contributed by atoms with Gasteiger partial charge in [-0.25, -0.2) is 4.98 Å². The number of rotatable bonds is 10. The molecule has 0 bridgehead atoms. The van der Waals surface area contributed by atoms with E-state index in [4.69, 9.17) is 14.2 Å². The van der Waals surface area contributed by atoms with Gasteiger partial charge in [0, 0.05) is 31.3 Å². The third-order valence-corrected chi connectivity index (χ3v) is 4.58. The molecule has 0 unspecified atom stereocenters. The van der Waals surface area contributed by atoms with Gasteiger partial charge in [-0.15, -0.1) is 0 Å². The Labute approximate surface area is 170 Å². The van der Waals surface area contributed by atoms with E-state index in [0.29, 0.717) is 38.0 Å². The summed E-state index contributed by atoms with van der Waals surface area (Å²) in [5.74, 6) is 2.12. The highest BCUT2D eigenvalue weighted by atomic mass is 16.5. The molecule has 0 saturated heterocycles. The van der Waals surface area contributed by atoms with Gasteiger partial charge in [0.15, 0.2) is 11.5 Å². The number of aromatic nitrogens is 2. The molecule has 2 N–H and O–H groups in total. The standard InChI is InChI=1S/C22H27N3O4/c1-4-29-18-10-8-16(9-11-18)19-15-24-22(25(19)12-13-27-2)23-14-17-6-5-7-20(28-3)21(17)26/h5-11,15,26H,4,12-14H2,1-3H3,(H,23,24). The molecule has 0 aliphatic heterocycles. The summed E-state index contributed by atoms with van der Waals surface area (Å²) in [5.41, 5.74) is 2.74. The van der Waals surface area contributed by atoms with Crippen LogP contribution in [-0.2, 0) is 17.8 Å². The number of phenols is 1. The van der Waals surface area contributed by atoms with Crippen LogP contribution < -0.4 is 14.8 Å². The summed E-state index contributed by atoms with van der Waals surface area (Å²) in [7, 11) is 3.21. The minimum absolute atomic E-state index is 0.129. The van der Waals surface area contributed by atoms with Crippen LogP contribution in [0.3, 0.4) is 0 Å². The van der Waals surface area contributed by atoms with Crippen LogP contribution in [0.1, 0.15) is 12.5 Å². The van der Waals surface area contributed by atoms with E-state index in [1.807, 2.05) is 49.5 Å². The Balaban J connectivity index is 1.83. The molecule has 0 saturated carbocycles. The molecule has 1 heterocycles. The Morgan fingerprint density at radius 3 is 2.59 bits per heavy atom. The van der Waals surface area contributed by atoms with Crippen LogP contribution in [0.4, 0.5) is 5.95 Å². The molecular formula is C22H27N3O4. The van der Waals surface area contributed by atoms with E-state index >= 15 is 0 Å². The van der Waals surface area contributed by atoms with Gasteiger partial charge in [0.05, 0.1) is 32.2 Å². The van der Waals surface area contributed by atoms with E-state index in [9.17, 15) is 5.11 Å². The molecule has 29 heavy (non-hydrogen) atoms. The Bertz CT molecular complexity index is 922. The number of methoxy groups -OCH3 is 2. The maximum absolute atomic E-state index is 10.3. The number of hydrogen-bond donors (Lipinski definition) is 2. The smallest absolute Gasteiger partial charge is 0.203 e. The van der Waals surface area contributed by atoms with Gasteiger partial charge in [-0.3, -0.25) is 0 Å². The molecule has 3 rings (SSSR count). The molecule has 2 aromatic carbocycles. The second-order valence-corrected chi connectivity index (χ2v) is 6.39. The van der Waals surface area contributed by atoms with Gasteiger partial charge < -0.3 is 29.2 Å². The first kappa shape index (κ1) is 20.5. The number of aromatic hydroxyl groups is 1. The van der Waals surface area contributed by atoms with Crippen molar-refractivity contribution in [2.45, 2.75) is 20.0 Å². The molecule has 0 atom stereocenters. The van der Waals surface area contributed by atoms with Crippen molar-refractivity contribution in [2.75, 3.05) is 32.8 Å². The van der Waals surface area contributed by atoms with Crippen molar-refractivity contribution in [1.29, 1.82) is 0 Å². The van der Waals surface area contributed by atoms with E-state index < -0.39 is 0 Å². The number of nitrogens with zero attached hydrogens (tertiary/aromatic N) is 2. The van der Waals surface area contributed by atoms with Gasteiger partial charge >= 0.3 is 0 Å². The van der Waals surface area contributed by atoms with Crippen molar-refractivity contribution in [3.8, 4) is 28.5 Å². The maximum Gasteiger partial charge on any atom is 0.203 e. The molecule has 0 spiro atoms. The summed E-state index contributed by atoms with van der Waals surface area (Å²) < 4.78 is 18.0. The summed E-state index contributed by atoms with van der Waals surface area (Å²) in [4.78, 5) is 4.54. The van der Waals surface area contributed by atoms with Gasteiger partial charge in [0.2, 0.25) is 5.95 Å². The molecular weight excluding hydrogens is 370 g/mol. The lowest BCUT2D eigenvalue weighted by Gasteiger charge is -2.14. The van der Waals surface area contributed by atoms with Crippen LogP contribution in [0, 0.1) is 0 Å². The molecule has 0 amide bonds. The van der Waals surface area contributed by atoms with Crippen molar-refractivity contribution in [3.63, 3.8) is 0 Å². The molecule has 1 aromatic heterocycles. The predicted octanol–water partition coefficient (Wildman–Crippen LogP) is 3.92. The maximum atomic E-state index is 10.3. The molecule has 0 fully saturated rings. The lowest BCUT2D eigenvalue weighted by atomic mass is 10.1. The van der Waals surface area contributed by atoms with Gasteiger partial charge in [-0.05, 0) is 37.3 Å². The minimum Gasteiger partial charge on any atom is -0.504 e. The molecule has 0 aliphatic rings. The average Bonchev–Trinajstić information content (AvgIpc) is 3.15. The fourth-order valence-electron chi connectivity index (χ4n) is 3.09. The fraction of sp³-hybridized carbons (Fsp3) is 0.318. The van der Waals surface area contributed by atoms with Crippen LogP contribution in [-0.4, -0.2) is 42.1 Å².